The SMILES string of the molecule is CNc1ccc(CCN2C(=O)COC2c2cn(-c3ccc(Br)cc3)nc2-c2ccc(F)cc2)cc1C(F)(F)C=O. The van der Waals surface area contributed by atoms with E-state index in [-0.39, 0.29) is 37.5 Å². The van der Waals surface area contributed by atoms with Gasteiger partial charge in [0, 0.05) is 41.1 Å². The number of hydrogen-bond donors (Lipinski definition) is 1. The van der Waals surface area contributed by atoms with Crippen LogP contribution < -0.4 is 5.32 Å². The van der Waals surface area contributed by atoms with E-state index in [0.29, 0.717) is 22.4 Å². The van der Waals surface area contributed by atoms with Gasteiger partial charge in [-0.3, -0.25) is 9.59 Å². The number of benzene rings is 3. The van der Waals surface area contributed by atoms with Crippen LogP contribution in [0.4, 0.5) is 18.9 Å². The summed E-state index contributed by atoms with van der Waals surface area (Å²) in [5.41, 5.74) is 2.75. The molecule has 206 valence electrons. The number of amides is 1. The molecule has 0 spiro atoms. The van der Waals surface area contributed by atoms with Gasteiger partial charge in [-0.2, -0.15) is 13.9 Å². The summed E-state index contributed by atoms with van der Waals surface area (Å²) >= 11 is 3.42. The van der Waals surface area contributed by atoms with Gasteiger partial charge in [0.25, 0.3) is 5.91 Å². The van der Waals surface area contributed by atoms with Crippen LogP contribution in [0.25, 0.3) is 16.9 Å². The highest BCUT2D eigenvalue weighted by Gasteiger charge is 2.37. The molecule has 1 aromatic heterocycles. The number of rotatable bonds is 9. The summed E-state index contributed by atoms with van der Waals surface area (Å²) in [6.45, 7) is 0.00493. The number of alkyl halides is 2. The Labute approximate surface area is 236 Å². The van der Waals surface area contributed by atoms with Crippen molar-refractivity contribution in [2.24, 2.45) is 0 Å². The number of carbonyl (C=O) groups excluding carboxylic acids is 2. The summed E-state index contributed by atoms with van der Waals surface area (Å²) in [6.07, 6.45) is 0.817. The van der Waals surface area contributed by atoms with Gasteiger partial charge in [0.15, 0.2) is 12.5 Å². The Balaban J connectivity index is 1.48. The van der Waals surface area contributed by atoms with E-state index < -0.39 is 23.5 Å². The lowest BCUT2D eigenvalue weighted by Gasteiger charge is -2.24. The van der Waals surface area contributed by atoms with Crippen LogP contribution in [-0.2, 0) is 26.7 Å². The molecule has 0 bridgehead atoms. The van der Waals surface area contributed by atoms with Gasteiger partial charge < -0.3 is 15.0 Å². The Hall–Kier alpha value is -3.96. The third-order valence-electron chi connectivity index (χ3n) is 6.69. The lowest BCUT2D eigenvalue weighted by Crippen LogP contribution is -2.31. The maximum Gasteiger partial charge on any atom is 0.329 e. The van der Waals surface area contributed by atoms with Crippen LogP contribution in [0.5, 0.6) is 0 Å². The molecular weight excluding hydrogens is 589 g/mol. The average Bonchev–Trinajstić information content (AvgIpc) is 3.56. The summed E-state index contributed by atoms with van der Waals surface area (Å²) < 4.78 is 50.7. The minimum Gasteiger partial charge on any atom is -0.388 e. The Bertz CT molecular complexity index is 1540. The van der Waals surface area contributed by atoms with E-state index in [1.165, 1.54) is 36.2 Å². The van der Waals surface area contributed by atoms with Crippen LogP contribution in [0.1, 0.15) is 22.9 Å². The van der Waals surface area contributed by atoms with Gasteiger partial charge in [0.05, 0.1) is 11.3 Å². The third-order valence-corrected chi connectivity index (χ3v) is 7.22. The third kappa shape index (κ3) is 5.52. The predicted molar refractivity (Wildman–Crippen MR) is 147 cm³/mol. The monoisotopic (exact) mass is 612 g/mol. The first kappa shape index (κ1) is 27.6. The topological polar surface area (TPSA) is 76.5 Å². The van der Waals surface area contributed by atoms with Crippen molar-refractivity contribution in [3.8, 4) is 16.9 Å². The molecular formula is C29H24BrF3N4O3. The van der Waals surface area contributed by atoms with Gasteiger partial charge in [0.2, 0.25) is 0 Å². The zero-order valence-electron chi connectivity index (χ0n) is 21.3. The molecule has 2 heterocycles. The summed E-state index contributed by atoms with van der Waals surface area (Å²) in [5, 5.41) is 7.42. The molecule has 0 radical (unpaired) electrons. The zero-order valence-corrected chi connectivity index (χ0v) is 22.9. The van der Waals surface area contributed by atoms with E-state index in [9.17, 15) is 22.8 Å². The van der Waals surface area contributed by atoms with Crippen LogP contribution in [0.15, 0.2) is 77.4 Å². The molecule has 1 atom stereocenters. The van der Waals surface area contributed by atoms with E-state index in [4.69, 9.17) is 9.84 Å². The highest BCUT2D eigenvalue weighted by molar-refractivity contribution is 9.10. The number of hydrogen-bond acceptors (Lipinski definition) is 5. The van der Waals surface area contributed by atoms with Crippen molar-refractivity contribution in [1.82, 2.24) is 14.7 Å². The Morgan fingerprint density at radius 3 is 2.52 bits per heavy atom. The van der Waals surface area contributed by atoms with Crippen molar-refractivity contribution in [1.29, 1.82) is 0 Å². The van der Waals surface area contributed by atoms with Crippen molar-refractivity contribution in [2.45, 2.75) is 18.6 Å². The largest absolute Gasteiger partial charge is 0.388 e. The lowest BCUT2D eigenvalue weighted by molar-refractivity contribution is -0.130. The smallest absolute Gasteiger partial charge is 0.329 e. The Morgan fingerprint density at radius 2 is 1.85 bits per heavy atom. The van der Waals surface area contributed by atoms with Crippen molar-refractivity contribution in [3.05, 3.63) is 99.9 Å². The molecule has 1 unspecified atom stereocenters. The Kier molecular flexibility index (Phi) is 7.77. The second kappa shape index (κ2) is 11.3. The standard InChI is InChI=1S/C29H24BrF3N4O3/c1-34-25-11-2-18(14-24(25)29(32,33)17-38)12-13-36-26(39)16-40-28(36)23-15-37(22-9-5-20(30)6-10-22)35-27(23)19-3-7-21(31)8-4-19/h2-11,14-15,17,28,34H,12-13,16H2,1H3. The predicted octanol–water partition coefficient (Wildman–Crippen LogP) is 5.87. The van der Waals surface area contributed by atoms with E-state index in [0.717, 1.165) is 10.2 Å². The molecule has 4 aromatic rings. The lowest BCUT2D eigenvalue weighted by atomic mass is 10.0. The second-order valence-electron chi connectivity index (χ2n) is 9.23. The molecule has 1 amide bonds. The van der Waals surface area contributed by atoms with E-state index in [2.05, 4.69) is 21.2 Å². The molecule has 11 heteroatoms. The van der Waals surface area contributed by atoms with Crippen molar-refractivity contribution in [2.75, 3.05) is 25.5 Å². The van der Waals surface area contributed by atoms with Gasteiger partial charge in [-0.15, -0.1) is 0 Å². The fourth-order valence-corrected chi connectivity index (χ4v) is 4.90. The molecule has 0 saturated carbocycles. The fraction of sp³-hybridized carbons (Fsp3) is 0.207. The number of nitrogens with one attached hydrogen (secondary N) is 1. The molecule has 7 nitrogen and oxygen atoms in total. The number of aldehydes is 1. The number of ether oxygens (including phenoxy) is 1. The highest BCUT2D eigenvalue weighted by atomic mass is 79.9. The molecule has 1 fully saturated rings. The zero-order chi connectivity index (χ0) is 28.4. The summed E-state index contributed by atoms with van der Waals surface area (Å²) in [7, 11) is 1.50. The highest BCUT2D eigenvalue weighted by Crippen LogP contribution is 2.36. The van der Waals surface area contributed by atoms with E-state index in [1.54, 1.807) is 29.1 Å². The van der Waals surface area contributed by atoms with Crippen LogP contribution in [0.2, 0.25) is 0 Å². The number of nitrogens with zero attached hydrogens (tertiary/aromatic N) is 3. The summed E-state index contributed by atoms with van der Waals surface area (Å²) in [6, 6.07) is 17.8. The normalized spacial score (nSPS) is 15.5. The summed E-state index contributed by atoms with van der Waals surface area (Å²) in [4.78, 5) is 25.5. The first-order valence-corrected chi connectivity index (χ1v) is 13.2. The maximum atomic E-state index is 14.3. The van der Waals surface area contributed by atoms with Gasteiger partial charge in [-0.25, -0.2) is 9.07 Å². The van der Waals surface area contributed by atoms with Crippen molar-refractivity contribution in [3.63, 3.8) is 0 Å². The first-order chi connectivity index (χ1) is 19.2. The number of aromatic nitrogens is 2. The first-order valence-electron chi connectivity index (χ1n) is 12.4. The van der Waals surface area contributed by atoms with Crippen LogP contribution in [0.3, 0.4) is 0 Å². The van der Waals surface area contributed by atoms with Gasteiger partial charge in [0.1, 0.15) is 18.1 Å². The molecule has 1 N–H and O–H groups in total. The maximum absolute atomic E-state index is 14.3. The minimum absolute atomic E-state index is 0.142. The molecule has 1 aliphatic rings. The minimum atomic E-state index is -3.66. The molecule has 1 saturated heterocycles. The van der Waals surface area contributed by atoms with Crippen molar-refractivity contribution < 1.29 is 27.5 Å². The molecule has 0 aliphatic carbocycles. The fourth-order valence-electron chi connectivity index (χ4n) is 4.63. The summed E-state index contributed by atoms with van der Waals surface area (Å²) in [5.74, 6) is -4.32. The molecule has 1 aliphatic heterocycles. The molecule has 3 aromatic carbocycles. The second-order valence-corrected chi connectivity index (χ2v) is 10.1. The van der Waals surface area contributed by atoms with Gasteiger partial charge in [-0.1, -0.05) is 22.0 Å². The number of anilines is 1. The number of halogens is 4. The molecule has 5 rings (SSSR count). The molecule has 40 heavy (non-hydrogen) atoms. The van der Waals surface area contributed by atoms with Crippen LogP contribution in [-0.4, -0.2) is 47.1 Å². The van der Waals surface area contributed by atoms with E-state index >= 15 is 0 Å². The quantitative estimate of drug-likeness (QED) is 0.239. The van der Waals surface area contributed by atoms with Crippen molar-refractivity contribution >= 4 is 33.8 Å². The van der Waals surface area contributed by atoms with E-state index in [1.807, 2.05) is 24.3 Å². The van der Waals surface area contributed by atoms with Crippen LogP contribution >= 0.6 is 15.9 Å². The van der Waals surface area contributed by atoms with Gasteiger partial charge >= 0.3 is 5.92 Å². The van der Waals surface area contributed by atoms with Crippen LogP contribution in [0, 0.1) is 5.82 Å². The van der Waals surface area contributed by atoms with Gasteiger partial charge in [-0.05, 0) is 72.6 Å². The average molecular weight is 613 g/mol. The number of carbonyl (C=O) groups is 2. The Morgan fingerprint density at radius 1 is 1.12 bits per heavy atom.